The fourth-order valence-electron chi connectivity index (χ4n) is 2.60. The van der Waals surface area contributed by atoms with Crippen LogP contribution < -0.4 is 0 Å². The van der Waals surface area contributed by atoms with Crippen molar-refractivity contribution in [3.05, 3.63) is 24.3 Å². The van der Waals surface area contributed by atoms with Gasteiger partial charge < -0.3 is 4.74 Å². The monoisotopic (exact) mass is 387 g/mol. The molecule has 1 fully saturated rings. The Balaban J connectivity index is 2.36. The number of sulfone groups is 1. The van der Waals surface area contributed by atoms with E-state index < -0.39 is 42.0 Å². The number of fused-ring (bicyclic) bond motifs is 2. The van der Waals surface area contributed by atoms with Gasteiger partial charge in [-0.15, -0.1) is 0 Å². The molecule has 2 bridgehead atoms. The highest BCUT2D eigenvalue weighted by molar-refractivity contribution is 7.98. The van der Waals surface area contributed by atoms with Crippen LogP contribution in [0.4, 0.5) is 4.79 Å². The fraction of sp³-hybridized carbons (Fsp3) is 0.615. The summed E-state index contributed by atoms with van der Waals surface area (Å²) in [6, 6.07) is -1.36. The minimum absolute atomic E-state index is 0.296. The SMILES string of the molecule is C=C1[C@H]2C=C[C@@H]([C@H]1S(=O)(=O)C(Cl)(Cl)Cl)N2C(=O)OC(C)(C)C. The van der Waals surface area contributed by atoms with Crippen LogP contribution in [0.15, 0.2) is 24.3 Å². The number of ether oxygens (including phenoxy) is 1. The molecule has 124 valence electrons. The van der Waals surface area contributed by atoms with Gasteiger partial charge in [-0.3, -0.25) is 4.90 Å². The van der Waals surface area contributed by atoms with E-state index in [9.17, 15) is 13.2 Å². The first-order valence-electron chi connectivity index (χ1n) is 6.46. The molecule has 0 radical (unpaired) electrons. The fourth-order valence-corrected chi connectivity index (χ4v) is 4.88. The van der Waals surface area contributed by atoms with Crippen LogP contribution in [0.2, 0.25) is 0 Å². The van der Waals surface area contributed by atoms with Crippen molar-refractivity contribution < 1.29 is 17.9 Å². The zero-order valence-corrected chi connectivity index (χ0v) is 15.3. The zero-order chi connectivity index (χ0) is 17.1. The summed E-state index contributed by atoms with van der Waals surface area (Å²) in [4.78, 5) is 13.6. The Morgan fingerprint density at radius 1 is 1.27 bits per heavy atom. The molecule has 2 rings (SSSR count). The van der Waals surface area contributed by atoms with Crippen molar-refractivity contribution in [1.29, 1.82) is 0 Å². The lowest BCUT2D eigenvalue weighted by molar-refractivity contribution is 0.0240. The first-order chi connectivity index (χ1) is 9.77. The van der Waals surface area contributed by atoms with Crippen LogP contribution >= 0.6 is 34.8 Å². The summed E-state index contributed by atoms with van der Waals surface area (Å²) >= 11 is 16.8. The molecule has 3 atom stereocenters. The zero-order valence-electron chi connectivity index (χ0n) is 12.2. The quantitative estimate of drug-likeness (QED) is 0.511. The normalized spacial score (nSPS) is 28.4. The van der Waals surface area contributed by atoms with Gasteiger partial charge in [-0.25, -0.2) is 13.2 Å². The summed E-state index contributed by atoms with van der Waals surface area (Å²) in [5, 5.41) is -1.16. The van der Waals surface area contributed by atoms with Crippen LogP contribution in [0.5, 0.6) is 0 Å². The minimum atomic E-state index is -4.17. The Hall–Kier alpha value is -0.430. The lowest BCUT2D eigenvalue weighted by Gasteiger charge is -2.28. The summed E-state index contributed by atoms with van der Waals surface area (Å²) in [6.45, 7) is 8.94. The van der Waals surface area contributed by atoms with Crippen molar-refractivity contribution in [1.82, 2.24) is 4.90 Å². The van der Waals surface area contributed by atoms with Gasteiger partial charge in [0.2, 0.25) is 9.84 Å². The maximum atomic E-state index is 12.4. The van der Waals surface area contributed by atoms with E-state index in [4.69, 9.17) is 39.5 Å². The van der Waals surface area contributed by atoms with Gasteiger partial charge in [0.15, 0.2) is 0 Å². The molecule has 9 heteroatoms. The number of alkyl halides is 3. The van der Waals surface area contributed by atoms with Crippen molar-refractivity contribution >= 4 is 50.7 Å². The van der Waals surface area contributed by atoms with Crippen molar-refractivity contribution in [2.24, 2.45) is 0 Å². The standard InChI is InChI=1S/C13H16Cl3NO4S/c1-7-8-5-6-9(10(7)22(19,20)13(14,15)16)17(8)11(18)21-12(2,3)4/h5-6,8-10H,1H2,2-4H3/t8-,9+,10+/m1/s1. The molecule has 2 aliphatic heterocycles. The van der Waals surface area contributed by atoms with Gasteiger partial charge in [0.25, 0.3) is 3.12 Å². The van der Waals surface area contributed by atoms with E-state index in [1.54, 1.807) is 32.9 Å². The third-order valence-electron chi connectivity index (χ3n) is 3.43. The Labute approximate surface area is 144 Å². The van der Waals surface area contributed by atoms with E-state index in [-0.39, 0.29) is 0 Å². The molecule has 0 spiro atoms. The van der Waals surface area contributed by atoms with E-state index >= 15 is 0 Å². The molecule has 0 unspecified atom stereocenters. The van der Waals surface area contributed by atoms with Gasteiger partial charge in [-0.05, 0) is 26.3 Å². The average molecular weight is 389 g/mol. The Kier molecular flexibility index (Phi) is 4.31. The summed E-state index contributed by atoms with van der Waals surface area (Å²) in [6.07, 6.45) is 2.67. The third-order valence-corrected chi connectivity index (χ3v) is 7.26. The molecule has 1 amide bonds. The van der Waals surface area contributed by atoms with Crippen LogP contribution in [0, 0.1) is 0 Å². The minimum Gasteiger partial charge on any atom is -0.444 e. The van der Waals surface area contributed by atoms with Gasteiger partial charge in [0, 0.05) is 0 Å². The topological polar surface area (TPSA) is 63.7 Å². The number of rotatable bonds is 1. The van der Waals surface area contributed by atoms with Crippen LogP contribution in [0.1, 0.15) is 20.8 Å². The summed E-state index contributed by atoms with van der Waals surface area (Å²) in [7, 11) is -4.17. The van der Waals surface area contributed by atoms with Crippen molar-refractivity contribution in [2.45, 2.75) is 46.8 Å². The predicted octanol–water partition coefficient (Wildman–Crippen LogP) is 3.21. The number of hydrogen-bond donors (Lipinski definition) is 0. The van der Waals surface area contributed by atoms with Crippen LogP contribution in [0.3, 0.4) is 0 Å². The second kappa shape index (κ2) is 5.30. The number of carbonyl (C=O) groups excluding carboxylic acids is 1. The molecular weight excluding hydrogens is 373 g/mol. The van der Waals surface area contributed by atoms with E-state index in [0.29, 0.717) is 5.57 Å². The maximum absolute atomic E-state index is 12.4. The number of carbonyl (C=O) groups is 1. The van der Waals surface area contributed by atoms with Gasteiger partial charge in [-0.2, -0.15) is 0 Å². The average Bonchev–Trinajstić information content (AvgIpc) is 2.79. The van der Waals surface area contributed by atoms with Crippen molar-refractivity contribution in [3.63, 3.8) is 0 Å². The van der Waals surface area contributed by atoms with Gasteiger partial charge in [0.05, 0.1) is 12.1 Å². The summed E-state index contributed by atoms with van der Waals surface area (Å²) in [5.41, 5.74) is -0.408. The van der Waals surface area contributed by atoms with Crippen LogP contribution in [0.25, 0.3) is 0 Å². The van der Waals surface area contributed by atoms with E-state index in [2.05, 4.69) is 6.58 Å². The lowest BCUT2D eigenvalue weighted by Crippen LogP contribution is -2.44. The molecule has 0 aromatic heterocycles. The molecule has 0 aromatic rings. The molecular formula is C13H16Cl3NO4S. The Bertz CT molecular complexity index is 645. The van der Waals surface area contributed by atoms with Gasteiger partial charge in [-0.1, -0.05) is 53.5 Å². The van der Waals surface area contributed by atoms with Gasteiger partial charge in [0.1, 0.15) is 10.9 Å². The van der Waals surface area contributed by atoms with E-state index in [1.165, 1.54) is 4.90 Å². The highest BCUT2D eigenvalue weighted by atomic mass is 35.6. The second-order valence-corrected chi connectivity index (χ2v) is 11.4. The third kappa shape index (κ3) is 2.86. The highest BCUT2D eigenvalue weighted by Crippen LogP contribution is 2.46. The number of nitrogens with zero attached hydrogens (tertiary/aromatic N) is 1. The lowest BCUT2D eigenvalue weighted by atomic mass is 10.0. The number of halogens is 3. The first kappa shape index (κ1) is 17.9. The van der Waals surface area contributed by atoms with Crippen LogP contribution in [-0.2, 0) is 14.6 Å². The van der Waals surface area contributed by atoms with Gasteiger partial charge >= 0.3 is 6.09 Å². The predicted molar refractivity (Wildman–Crippen MR) is 86.9 cm³/mol. The molecule has 22 heavy (non-hydrogen) atoms. The Morgan fingerprint density at radius 2 is 1.82 bits per heavy atom. The molecule has 0 N–H and O–H groups in total. The molecule has 2 aliphatic rings. The molecule has 1 saturated heterocycles. The Morgan fingerprint density at radius 3 is 2.27 bits per heavy atom. The highest BCUT2D eigenvalue weighted by Gasteiger charge is 2.58. The first-order valence-corrected chi connectivity index (χ1v) is 9.14. The molecule has 5 nitrogen and oxygen atoms in total. The maximum Gasteiger partial charge on any atom is 0.411 e. The number of amides is 1. The number of hydrogen-bond acceptors (Lipinski definition) is 4. The van der Waals surface area contributed by atoms with E-state index in [1.807, 2.05) is 0 Å². The molecule has 0 aromatic carbocycles. The summed E-state index contributed by atoms with van der Waals surface area (Å²) < 4.78 is 27.7. The van der Waals surface area contributed by atoms with E-state index in [0.717, 1.165) is 0 Å². The molecule has 0 aliphatic carbocycles. The van der Waals surface area contributed by atoms with Crippen LogP contribution in [-0.4, -0.2) is 45.5 Å². The smallest absolute Gasteiger partial charge is 0.411 e. The second-order valence-electron chi connectivity index (χ2n) is 6.19. The molecule has 0 saturated carbocycles. The molecule has 2 heterocycles. The largest absolute Gasteiger partial charge is 0.444 e. The van der Waals surface area contributed by atoms with Crippen molar-refractivity contribution in [2.75, 3.05) is 0 Å². The summed E-state index contributed by atoms with van der Waals surface area (Å²) in [5.74, 6) is 0. The van der Waals surface area contributed by atoms with Crippen molar-refractivity contribution in [3.8, 4) is 0 Å².